The standard InChI is InChI=1S/C10H19NOS/c1-10(2)9-12-7-6-11(10)5-3-4-8-13/h3-4,13H,5-9H2,1-2H3. The van der Waals surface area contributed by atoms with Crippen molar-refractivity contribution in [2.75, 3.05) is 32.1 Å². The zero-order chi connectivity index (χ0) is 9.73. The van der Waals surface area contributed by atoms with E-state index in [1.165, 1.54) is 0 Å². The Balaban J connectivity index is 2.41. The summed E-state index contributed by atoms with van der Waals surface area (Å²) in [5, 5.41) is 0. The molecule has 0 N–H and O–H groups in total. The molecule has 0 aliphatic carbocycles. The van der Waals surface area contributed by atoms with Crippen LogP contribution in [0.15, 0.2) is 12.2 Å². The van der Waals surface area contributed by atoms with Crippen molar-refractivity contribution in [1.82, 2.24) is 4.90 Å². The predicted molar refractivity (Wildman–Crippen MR) is 59.5 cm³/mol. The number of morpholine rings is 1. The molecular formula is C10H19NOS. The van der Waals surface area contributed by atoms with Crippen LogP contribution in [0, 0.1) is 0 Å². The number of hydrogen-bond donors (Lipinski definition) is 1. The number of thiol groups is 1. The molecule has 0 unspecified atom stereocenters. The topological polar surface area (TPSA) is 12.5 Å². The average Bonchev–Trinajstić information content (AvgIpc) is 2.08. The van der Waals surface area contributed by atoms with Crippen molar-refractivity contribution in [3.63, 3.8) is 0 Å². The Morgan fingerprint density at radius 1 is 1.46 bits per heavy atom. The van der Waals surface area contributed by atoms with Gasteiger partial charge in [0, 0.05) is 24.4 Å². The first-order chi connectivity index (χ1) is 6.17. The monoisotopic (exact) mass is 201 g/mol. The largest absolute Gasteiger partial charge is 0.378 e. The van der Waals surface area contributed by atoms with Crippen LogP contribution in [0.3, 0.4) is 0 Å². The Kier molecular flexibility index (Phi) is 4.29. The summed E-state index contributed by atoms with van der Waals surface area (Å²) in [5.41, 5.74) is 0.180. The Hall–Kier alpha value is 0.01000. The minimum absolute atomic E-state index is 0.180. The fourth-order valence-electron chi connectivity index (χ4n) is 1.51. The lowest BCUT2D eigenvalue weighted by Gasteiger charge is -2.41. The van der Waals surface area contributed by atoms with E-state index in [0.29, 0.717) is 0 Å². The number of rotatable bonds is 3. The first-order valence-corrected chi connectivity index (χ1v) is 5.39. The maximum Gasteiger partial charge on any atom is 0.0645 e. The lowest BCUT2D eigenvalue weighted by molar-refractivity contribution is -0.0450. The van der Waals surface area contributed by atoms with E-state index in [9.17, 15) is 0 Å². The van der Waals surface area contributed by atoms with E-state index in [0.717, 1.165) is 32.1 Å². The summed E-state index contributed by atoms with van der Waals surface area (Å²) in [6.07, 6.45) is 4.27. The Bertz CT molecular complexity index is 180. The van der Waals surface area contributed by atoms with Gasteiger partial charge >= 0.3 is 0 Å². The summed E-state index contributed by atoms with van der Waals surface area (Å²) in [5.74, 6) is 0.824. The molecule has 1 saturated heterocycles. The van der Waals surface area contributed by atoms with E-state index in [1.54, 1.807) is 0 Å². The van der Waals surface area contributed by atoms with Crippen molar-refractivity contribution < 1.29 is 4.74 Å². The van der Waals surface area contributed by atoms with Gasteiger partial charge in [0.05, 0.1) is 13.2 Å². The van der Waals surface area contributed by atoms with Crippen molar-refractivity contribution in [3.05, 3.63) is 12.2 Å². The van der Waals surface area contributed by atoms with Crippen molar-refractivity contribution >= 4 is 12.6 Å². The van der Waals surface area contributed by atoms with Gasteiger partial charge in [-0.05, 0) is 13.8 Å². The molecule has 0 radical (unpaired) electrons. The van der Waals surface area contributed by atoms with Crippen LogP contribution in [0.1, 0.15) is 13.8 Å². The molecule has 1 aliphatic rings. The van der Waals surface area contributed by atoms with E-state index in [4.69, 9.17) is 4.74 Å². The minimum Gasteiger partial charge on any atom is -0.378 e. The van der Waals surface area contributed by atoms with Crippen LogP contribution in [0.4, 0.5) is 0 Å². The van der Waals surface area contributed by atoms with E-state index in [-0.39, 0.29) is 5.54 Å². The molecule has 13 heavy (non-hydrogen) atoms. The van der Waals surface area contributed by atoms with Crippen molar-refractivity contribution in [1.29, 1.82) is 0 Å². The van der Waals surface area contributed by atoms with Gasteiger partial charge in [-0.1, -0.05) is 12.2 Å². The van der Waals surface area contributed by atoms with E-state index < -0.39 is 0 Å². The summed E-state index contributed by atoms with van der Waals surface area (Å²) in [6, 6.07) is 0. The molecule has 0 aromatic rings. The van der Waals surface area contributed by atoms with E-state index in [2.05, 4.69) is 43.5 Å². The SMILES string of the molecule is CC1(C)COCCN1CC=CCS. The lowest BCUT2D eigenvalue weighted by atomic mass is 10.0. The van der Waals surface area contributed by atoms with Gasteiger partial charge in [-0.3, -0.25) is 4.90 Å². The molecule has 0 aromatic heterocycles. The Morgan fingerprint density at radius 2 is 2.23 bits per heavy atom. The summed E-state index contributed by atoms with van der Waals surface area (Å²) >= 11 is 4.13. The third-order valence-corrected chi connectivity index (χ3v) is 2.63. The maximum absolute atomic E-state index is 5.44. The van der Waals surface area contributed by atoms with Crippen LogP contribution < -0.4 is 0 Å². The van der Waals surface area contributed by atoms with Crippen LogP contribution >= 0.6 is 12.6 Å². The Morgan fingerprint density at radius 3 is 2.85 bits per heavy atom. The number of ether oxygens (including phenoxy) is 1. The van der Waals surface area contributed by atoms with Crippen molar-refractivity contribution in [2.24, 2.45) is 0 Å². The minimum atomic E-state index is 0.180. The molecule has 0 amide bonds. The average molecular weight is 201 g/mol. The number of hydrogen-bond acceptors (Lipinski definition) is 3. The fraction of sp³-hybridized carbons (Fsp3) is 0.800. The zero-order valence-corrected chi connectivity index (χ0v) is 9.39. The van der Waals surface area contributed by atoms with Gasteiger partial charge in [0.1, 0.15) is 0 Å². The van der Waals surface area contributed by atoms with Gasteiger partial charge < -0.3 is 4.74 Å². The van der Waals surface area contributed by atoms with E-state index >= 15 is 0 Å². The summed E-state index contributed by atoms with van der Waals surface area (Å²) in [7, 11) is 0. The first-order valence-electron chi connectivity index (χ1n) is 4.75. The van der Waals surface area contributed by atoms with Crippen molar-refractivity contribution in [2.45, 2.75) is 19.4 Å². The van der Waals surface area contributed by atoms with Crippen LogP contribution in [-0.4, -0.2) is 42.5 Å². The van der Waals surface area contributed by atoms with Crippen molar-refractivity contribution in [3.8, 4) is 0 Å². The molecule has 3 heteroatoms. The second-order valence-electron chi connectivity index (χ2n) is 3.97. The molecular weight excluding hydrogens is 182 g/mol. The molecule has 1 rings (SSSR count). The third-order valence-electron chi connectivity index (χ3n) is 2.41. The van der Waals surface area contributed by atoms with Gasteiger partial charge in [-0.25, -0.2) is 0 Å². The molecule has 0 spiro atoms. The highest BCUT2D eigenvalue weighted by molar-refractivity contribution is 7.80. The molecule has 0 saturated carbocycles. The normalized spacial score (nSPS) is 23.9. The molecule has 1 heterocycles. The van der Waals surface area contributed by atoms with Crippen LogP contribution in [0.5, 0.6) is 0 Å². The first kappa shape index (κ1) is 11.1. The molecule has 1 aliphatic heterocycles. The highest BCUT2D eigenvalue weighted by Gasteiger charge is 2.29. The molecule has 0 bridgehead atoms. The lowest BCUT2D eigenvalue weighted by Crippen LogP contribution is -2.52. The second-order valence-corrected chi connectivity index (χ2v) is 4.33. The maximum atomic E-state index is 5.44. The van der Waals surface area contributed by atoms with E-state index in [1.807, 2.05) is 0 Å². The van der Waals surface area contributed by atoms with Crippen LogP contribution in [-0.2, 0) is 4.74 Å². The smallest absolute Gasteiger partial charge is 0.0645 e. The van der Waals surface area contributed by atoms with Crippen LogP contribution in [0.2, 0.25) is 0 Å². The van der Waals surface area contributed by atoms with Gasteiger partial charge in [-0.15, -0.1) is 0 Å². The van der Waals surface area contributed by atoms with Gasteiger partial charge in [0.25, 0.3) is 0 Å². The summed E-state index contributed by atoms with van der Waals surface area (Å²) in [6.45, 7) is 8.18. The van der Waals surface area contributed by atoms with Gasteiger partial charge in [-0.2, -0.15) is 12.6 Å². The summed E-state index contributed by atoms with van der Waals surface area (Å²) < 4.78 is 5.44. The highest BCUT2D eigenvalue weighted by Crippen LogP contribution is 2.18. The van der Waals surface area contributed by atoms with Gasteiger partial charge in [0.15, 0.2) is 0 Å². The molecule has 1 fully saturated rings. The molecule has 76 valence electrons. The van der Waals surface area contributed by atoms with Crippen LogP contribution in [0.25, 0.3) is 0 Å². The fourth-order valence-corrected chi connectivity index (χ4v) is 1.65. The second kappa shape index (κ2) is 5.03. The zero-order valence-electron chi connectivity index (χ0n) is 8.49. The molecule has 0 aromatic carbocycles. The summed E-state index contributed by atoms with van der Waals surface area (Å²) in [4.78, 5) is 2.44. The van der Waals surface area contributed by atoms with Gasteiger partial charge in [0.2, 0.25) is 0 Å². The Labute approximate surface area is 86.4 Å². The predicted octanol–water partition coefficient (Wildman–Crippen LogP) is 1.58. The quantitative estimate of drug-likeness (QED) is 0.550. The molecule has 2 nitrogen and oxygen atoms in total. The third kappa shape index (κ3) is 3.33. The molecule has 0 atom stereocenters. The number of nitrogens with zero attached hydrogens (tertiary/aromatic N) is 1. The highest BCUT2D eigenvalue weighted by atomic mass is 32.1.